The lowest BCUT2D eigenvalue weighted by molar-refractivity contribution is -0.152. The first-order chi connectivity index (χ1) is 6.63. The molecule has 1 unspecified atom stereocenters. The van der Waals surface area contributed by atoms with Gasteiger partial charge in [0.25, 0.3) is 0 Å². The van der Waals surface area contributed by atoms with Gasteiger partial charge in [0, 0.05) is 13.3 Å². The molecule has 86 valence electrons. The molecule has 0 amide bonds. The molecule has 1 rings (SSSR count). The number of carbonyl (C=O) groups is 2. The van der Waals surface area contributed by atoms with Gasteiger partial charge in [-0.15, -0.1) is 0 Å². The molecule has 0 aromatic heterocycles. The maximum Gasteiger partial charge on any atom is 0.303 e. The van der Waals surface area contributed by atoms with Gasteiger partial charge in [0.05, 0.1) is 5.92 Å². The zero-order chi connectivity index (χ0) is 11.9. The van der Waals surface area contributed by atoms with E-state index in [1.165, 1.54) is 0 Å². The van der Waals surface area contributed by atoms with Crippen molar-refractivity contribution >= 4 is 11.6 Å². The average molecular weight is 218 g/mol. The predicted octanol–water partition coefficient (Wildman–Crippen LogP) is 2.61. The zero-order valence-corrected chi connectivity index (χ0v) is 9.27. The molecule has 1 aliphatic rings. The lowest BCUT2D eigenvalue weighted by Gasteiger charge is -2.34. The predicted molar refractivity (Wildman–Crippen MR) is 51.8 cm³/mol. The van der Waals surface area contributed by atoms with E-state index in [1.807, 2.05) is 13.8 Å². The topological polar surface area (TPSA) is 34.1 Å². The van der Waals surface area contributed by atoms with E-state index in [4.69, 9.17) is 0 Å². The van der Waals surface area contributed by atoms with Gasteiger partial charge >= 0.3 is 5.92 Å². The summed E-state index contributed by atoms with van der Waals surface area (Å²) in [6.45, 7) is 4.35. The first-order valence-electron chi connectivity index (χ1n) is 5.08. The van der Waals surface area contributed by atoms with E-state index < -0.39 is 17.6 Å². The van der Waals surface area contributed by atoms with Gasteiger partial charge in [-0.1, -0.05) is 13.8 Å². The molecule has 0 bridgehead atoms. The SMILES string of the molecule is CC1(C)CCC(=O)C(C(=O)C(C)(F)F)C1. The molecule has 1 fully saturated rings. The fourth-order valence-electron chi connectivity index (χ4n) is 1.95. The van der Waals surface area contributed by atoms with Crippen molar-refractivity contribution in [1.29, 1.82) is 0 Å². The highest BCUT2D eigenvalue weighted by Gasteiger charge is 2.45. The summed E-state index contributed by atoms with van der Waals surface area (Å²) in [7, 11) is 0. The maximum atomic E-state index is 12.8. The summed E-state index contributed by atoms with van der Waals surface area (Å²) in [6, 6.07) is 0. The molecular formula is C11H16F2O2. The van der Waals surface area contributed by atoms with Gasteiger partial charge < -0.3 is 0 Å². The second-order valence-electron chi connectivity index (χ2n) is 5.14. The van der Waals surface area contributed by atoms with Crippen LogP contribution in [0.1, 0.15) is 40.0 Å². The van der Waals surface area contributed by atoms with Crippen molar-refractivity contribution in [1.82, 2.24) is 0 Å². The minimum atomic E-state index is -3.40. The molecule has 1 aliphatic carbocycles. The van der Waals surface area contributed by atoms with Gasteiger partial charge in [0.15, 0.2) is 0 Å². The molecule has 0 aromatic rings. The van der Waals surface area contributed by atoms with Crippen molar-refractivity contribution in [2.24, 2.45) is 11.3 Å². The van der Waals surface area contributed by atoms with Crippen molar-refractivity contribution in [3.8, 4) is 0 Å². The standard InChI is InChI=1S/C11H16F2O2/c1-10(2)5-4-8(14)7(6-10)9(15)11(3,12)13/h7H,4-6H2,1-3H3. The second kappa shape index (κ2) is 3.65. The Morgan fingerprint density at radius 2 is 2.00 bits per heavy atom. The zero-order valence-electron chi connectivity index (χ0n) is 9.27. The third-order valence-corrected chi connectivity index (χ3v) is 2.94. The molecule has 0 aromatic carbocycles. The van der Waals surface area contributed by atoms with Gasteiger partial charge in [-0.2, -0.15) is 8.78 Å². The van der Waals surface area contributed by atoms with Crippen LogP contribution >= 0.6 is 0 Å². The monoisotopic (exact) mass is 218 g/mol. The third kappa shape index (κ3) is 2.83. The maximum absolute atomic E-state index is 12.8. The van der Waals surface area contributed by atoms with E-state index in [1.54, 1.807) is 0 Å². The Kier molecular flexibility index (Phi) is 2.99. The van der Waals surface area contributed by atoms with E-state index in [2.05, 4.69) is 0 Å². The molecule has 1 saturated carbocycles. The number of alkyl halides is 2. The van der Waals surface area contributed by atoms with Gasteiger partial charge in [-0.25, -0.2) is 0 Å². The normalized spacial score (nSPS) is 26.5. The van der Waals surface area contributed by atoms with Crippen LogP contribution in [0.2, 0.25) is 0 Å². The van der Waals surface area contributed by atoms with Crippen LogP contribution in [0.4, 0.5) is 8.78 Å². The van der Waals surface area contributed by atoms with Crippen molar-refractivity contribution in [2.45, 2.75) is 46.0 Å². The molecule has 0 heterocycles. The van der Waals surface area contributed by atoms with Crippen LogP contribution in [-0.4, -0.2) is 17.5 Å². The lowest BCUT2D eigenvalue weighted by Crippen LogP contribution is -2.41. The van der Waals surface area contributed by atoms with Crippen molar-refractivity contribution < 1.29 is 18.4 Å². The first-order valence-corrected chi connectivity index (χ1v) is 5.08. The highest BCUT2D eigenvalue weighted by atomic mass is 19.3. The Bertz CT molecular complexity index is 289. The Labute approximate surface area is 88.0 Å². The van der Waals surface area contributed by atoms with E-state index in [0.29, 0.717) is 13.3 Å². The second-order valence-corrected chi connectivity index (χ2v) is 5.14. The Balaban J connectivity index is 2.84. The number of halogens is 2. The van der Waals surface area contributed by atoms with Crippen LogP contribution in [0.15, 0.2) is 0 Å². The van der Waals surface area contributed by atoms with E-state index >= 15 is 0 Å². The quantitative estimate of drug-likeness (QED) is 0.667. The summed E-state index contributed by atoms with van der Waals surface area (Å²) in [6.07, 6.45) is 1.15. The number of carbonyl (C=O) groups excluding carboxylic acids is 2. The van der Waals surface area contributed by atoms with Crippen LogP contribution < -0.4 is 0 Å². The number of rotatable bonds is 2. The molecule has 2 nitrogen and oxygen atoms in total. The Morgan fingerprint density at radius 1 is 1.47 bits per heavy atom. The largest absolute Gasteiger partial charge is 0.303 e. The van der Waals surface area contributed by atoms with Crippen LogP contribution in [0, 0.1) is 11.3 Å². The van der Waals surface area contributed by atoms with Crippen LogP contribution in [0.25, 0.3) is 0 Å². The summed E-state index contributed by atoms with van der Waals surface area (Å²) >= 11 is 0. The van der Waals surface area contributed by atoms with Crippen molar-refractivity contribution in [3.05, 3.63) is 0 Å². The van der Waals surface area contributed by atoms with Crippen LogP contribution in [0.3, 0.4) is 0 Å². The minimum absolute atomic E-state index is 0.195. The van der Waals surface area contributed by atoms with Crippen molar-refractivity contribution in [2.75, 3.05) is 0 Å². The molecule has 1 atom stereocenters. The van der Waals surface area contributed by atoms with Gasteiger partial charge in [-0.3, -0.25) is 9.59 Å². The Morgan fingerprint density at radius 3 is 2.47 bits per heavy atom. The minimum Gasteiger partial charge on any atom is -0.299 e. The summed E-state index contributed by atoms with van der Waals surface area (Å²) < 4.78 is 25.6. The molecule has 0 saturated heterocycles. The highest BCUT2D eigenvalue weighted by molar-refractivity contribution is 6.05. The first kappa shape index (κ1) is 12.3. The molecule has 15 heavy (non-hydrogen) atoms. The van der Waals surface area contributed by atoms with E-state index in [0.717, 1.165) is 0 Å². The highest BCUT2D eigenvalue weighted by Crippen LogP contribution is 2.39. The fraction of sp³-hybridized carbons (Fsp3) is 0.818. The number of Topliss-reactive ketones (excluding diaryl/α,β-unsaturated/α-hetero) is 2. The molecule has 0 radical (unpaired) electrons. The summed E-state index contributed by atoms with van der Waals surface area (Å²) in [5.74, 6) is -6.05. The molecule has 4 heteroatoms. The van der Waals surface area contributed by atoms with Gasteiger partial charge in [-0.05, 0) is 18.3 Å². The Hall–Kier alpha value is -0.800. The van der Waals surface area contributed by atoms with Gasteiger partial charge in [0.2, 0.25) is 5.78 Å². The fourth-order valence-corrected chi connectivity index (χ4v) is 1.95. The van der Waals surface area contributed by atoms with E-state index in [-0.39, 0.29) is 24.0 Å². The van der Waals surface area contributed by atoms with Crippen LogP contribution in [0.5, 0.6) is 0 Å². The molecule has 0 spiro atoms. The number of ketones is 2. The molecule has 0 N–H and O–H groups in total. The van der Waals surface area contributed by atoms with Crippen LogP contribution in [-0.2, 0) is 9.59 Å². The number of hydrogen-bond acceptors (Lipinski definition) is 2. The smallest absolute Gasteiger partial charge is 0.299 e. The van der Waals surface area contributed by atoms with Crippen molar-refractivity contribution in [3.63, 3.8) is 0 Å². The third-order valence-electron chi connectivity index (χ3n) is 2.94. The summed E-state index contributed by atoms with van der Waals surface area (Å²) in [4.78, 5) is 22.8. The summed E-state index contributed by atoms with van der Waals surface area (Å²) in [5, 5.41) is 0. The average Bonchev–Trinajstić information content (AvgIpc) is 2.06. The lowest BCUT2D eigenvalue weighted by atomic mass is 9.69. The van der Waals surface area contributed by atoms with Gasteiger partial charge in [0.1, 0.15) is 5.78 Å². The summed E-state index contributed by atoms with van der Waals surface area (Å²) in [5.41, 5.74) is -0.195. The molecular weight excluding hydrogens is 202 g/mol. The number of hydrogen-bond donors (Lipinski definition) is 0. The van der Waals surface area contributed by atoms with E-state index in [9.17, 15) is 18.4 Å². The molecule has 0 aliphatic heterocycles.